The highest BCUT2D eigenvalue weighted by Gasteiger charge is 2.47. The van der Waals surface area contributed by atoms with Crippen LogP contribution < -0.4 is 14.4 Å². The topological polar surface area (TPSA) is 96.3 Å². The number of nitrogens with zero attached hydrogens (tertiary/aromatic N) is 1. The maximum atomic E-state index is 13.2. The fourth-order valence-electron chi connectivity index (χ4n) is 4.25. The van der Waals surface area contributed by atoms with Gasteiger partial charge in [-0.3, -0.25) is 14.5 Å². The van der Waals surface area contributed by atoms with Crippen LogP contribution in [0, 0.1) is 6.92 Å². The van der Waals surface area contributed by atoms with Crippen LogP contribution in [0.2, 0.25) is 0 Å². The lowest BCUT2D eigenvalue weighted by Gasteiger charge is -2.26. The maximum absolute atomic E-state index is 13.2. The van der Waals surface area contributed by atoms with Gasteiger partial charge in [0.25, 0.3) is 11.7 Å². The molecule has 1 unspecified atom stereocenters. The van der Waals surface area contributed by atoms with Gasteiger partial charge in [-0.25, -0.2) is 0 Å². The van der Waals surface area contributed by atoms with Crippen molar-refractivity contribution < 1.29 is 29.3 Å². The number of aryl methyl sites for hydroxylation is 1. The van der Waals surface area contributed by atoms with E-state index in [1.807, 2.05) is 25.1 Å². The Hall–Kier alpha value is -4.26. The Morgan fingerprint density at radius 2 is 1.70 bits per heavy atom. The van der Waals surface area contributed by atoms with Crippen molar-refractivity contribution in [2.75, 3.05) is 18.1 Å². The first-order valence-corrected chi connectivity index (χ1v) is 10.5. The van der Waals surface area contributed by atoms with Gasteiger partial charge in [-0.1, -0.05) is 42.0 Å². The predicted molar refractivity (Wildman–Crippen MR) is 122 cm³/mol. The second-order valence-corrected chi connectivity index (χ2v) is 7.93. The van der Waals surface area contributed by atoms with Gasteiger partial charge in [-0.2, -0.15) is 0 Å². The molecule has 5 rings (SSSR count). The summed E-state index contributed by atoms with van der Waals surface area (Å²) in [6.45, 7) is 2.70. The molecular weight excluding hydrogens is 422 g/mol. The Bertz CT molecular complexity index is 1310. The van der Waals surface area contributed by atoms with Gasteiger partial charge in [0.15, 0.2) is 11.5 Å². The molecule has 166 valence electrons. The lowest BCUT2D eigenvalue weighted by atomic mass is 9.94. The molecule has 1 amide bonds. The Balaban J connectivity index is 1.72. The lowest BCUT2D eigenvalue weighted by molar-refractivity contribution is -0.132. The summed E-state index contributed by atoms with van der Waals surface area (Å²) in [5, 5.41) is 21.7. The molecule has 7 heteroatoms. The largest absolute Gasteiger partial charge is 0.507 e. The highest BCUT2D eigenvalue weighted by molar-refractivity contribution is 6.51. The van der Waals surface area contributed by atoms with Crippen molar-refractivity contribution in [3.05, 3.63) is 89.0 Å². The second-order valence-electron chi connectivity index (χ2n) is 7.93. The number of ketones is 1. The minimum absolute atomic E-state index is 0.0643. The smallest absolute Gasteiger partial charge is 0.300 e. The number of phenolic OH excluding ortho intramolecular Hbond substituents is 1. The summed E-state index contributed by atoms with van der Waals surface area (Å²) in [6.07, 6.45) is 0. The van der Waals surface area contributed by atoms with E-state index >= 15 is 0 Å². The quantitative estimate of drug-likeness (QED) is 0.360. The van der Waals surface area contributed by atoms with Crippen molar-refractivity contribution in [1.82, 2.24) is 0 Å². The van der Waals surface area contributed by atoms with Crippen molar-refractivity contribution in [2.45, 2.75) is 13.0 Å². The van der Waals surface area contributed by atoms with Crippen LogP contribution in [-0.2, 0) is 9.59 Å². The molecule has 7 nitrogen and oxygen atoms in total. The molecule has 33 heavy (non-hydrogen) atoms. The summed E-state index contributed by atoms with van der Waals surface area (Å²) in [5.41, 5.74) is 2.01. The second kappa shape index (κ2) is 8.02. The van der Waals surface area contributed by atoms with Crippen LogP contribution in [0.15, 0.2) is 72.3 Å². The molecule has 3 aromatic rings. The summed E-state index contributed by atoms with van der Waals surface area (Å²) < 4.78 is 11.1. The number of phenols is 1. The molecule has 0 bridgehead atoms. The fourth-order valence-corrected chi connectivity index (χ4v) is 4.25. The van der Waals surface area contributed by atoms with Crippen LogP contribution in [0.3, 0.4) is 0 Å². The molecule has 2 heterocycles. The van der Waals surface area contributed by atoms with E-state index < -0.39 is 17.7 Å². The van der Waals surface area contributed by atoms with Crippen molar-refractivity contribution >= 4 is 23.1 Å². The minimum atomic E-state index is -0.925. The van der Waals surface area contributed by atoms with E-state index in [2.05, 4.69) is 0 Å². The molecule has 0 spiro atoms. The van der Waals surface area contributed by atoms with E-state index in [4.69, 9.17) is 9.47 Å². The zero-order valence-corrected chi connectivity index (χ0v) is 17.8. The van der Waals surface area contributed by atoms with Gasteiger partial charge in [0, 0.05) is 5.56 Å². The third-order valence-electron chi connectivity index (χ3n) is 5.76. The monoisotopic (exact) mass is 443 g/mol. The van der Waals surface area contributed by atoms with Gasteiger partial charge in [0.2, 0.25) is 0 Å². The van der Waals surface area contributed by atoms with Crippen LogP contribution in [0.1, 0.15) is 22.7 Å². The molecular formula is C26H21NO6. The van der Waals surface area contributed by atoms with Crippen LogP contribution >= 0.6 is 0 Å². The van der Waals surface area contributed by atoms with Crippen LogP contribution in [0.5, 0.6) is 17.2 Å². The minimum Gasteiger partial charge on any atom is -0.507 e. The first-order valence-electron chi connectivity index (χ1n) is 10.5. The first-order chi connectivity index (χ1) is 16.0. The molecule has 0 radical (unpaired) electrons. The maximum Gasteiger partial charge on any atom is 0.300 e. The Kier molecular flexibility index (Phi) is 5.01. The highest BCUT2D eigenvalue weighted by Crippen LogP contribution is 2.45. The number of benzene rings is 3. The van der Waals surface area contributed by atoms with Crippen molar-refractivity contribution in [3.8, 4) is 17.2 Å². The zero-order chi connectivity index (χ0) is 23.1. The number of carbonyl (C=O) groups is 2. The number of aliphatic hydroxyl groups excluding tert-OH is 1. The number of rotatable bonds is 3. The number of aromatic hydroxyl groups is 1. The number of para-hydroxylation sites is 2. The van der Waals surface area contributed by atoms with Crippen molar-refractivity contribution in [3.63, 3.8) is 0 Å². The third kappa shape index (κ3) is 3.47. The van der Waals surface area contributed by atoms with Crippen LogP contribution in [-0.4, -0.2) is 35.1 Å². The molecule has 1 atom stereocenters. The van der Waals surface area contributed by atoms with E-state index in [9.17, 15) is 19.8 Å². The summed E-state index contributed by atoms with van der Waals surface area (Å²) in [5.74, 6) is -1.14. The number of hydrogen-bond donors (Lipinski definition) is 2. The molecule has 2 N–H and O–H groups in total. The van der Waals surface area contributed by atoms with Gasteiger partial charge < -0.3 is 19.7 Å². The molecule has 2 aliphatic heterocycles. The summed E-state index contributed by atoms with van der Waals surface area (Å²) in [7, 11) is 0. The molecule has 0 aromatic heterocycles. The lowest BCUT2D eigenvalue weighted by Crippen LogP contribution is -2.29. The fraction of sp³-hybridized carbons (Fsp3) is 0.154. The number of carbonyl (C=O) groups excluding carboxylic acids is 2. The predicted octanol–water partition coefficient (Wildman–Crippen LogP) is 4.10. The average Bonchev–Trinajstić information content (AvgIpc) is 3.09. The van der Waals surface area contributed by atoms with Gasteiger partial charge in [0.05, 0.1) is 17.3 Å². The van der Waals surface area contributed by atoms with Crippen molar-refractivity contribution in [1.29, 1.82) is 0 Å². The molecule has 1 fully saturated rings. The van der Waals surface area contributed by atoms with Crippen LogP contribution in [0.4, 0.5) is 5.69 Å². The van der Waals surface area contributed by atoms with E-state index in [0.29, 0.717) is 35.8 Å². The first kappa shape index (κ1) is 20.6. The summed E-state index contributed by atoms with van der Waals surface area (Å²) in [6, 6.07) is 17.6. The molecule has 0 saturated carbocycles. The molecule has 1 saturated heterocycles. The average molecular weight is 443 g/mol. The Morgan fingerprint density at radius 1 is 0.939 bits per heavy atom. The summed E-state index contributed by atoms with van der Waals surface area (Å²) >= 11 is 0. The zero-order valence-electron chi connectivity index (χ0n) is 17.8. The van der Waals surface area contributed by atoms with E-state index in [1.165, 1.54) is 11.0 Å². The normalized spacial score (nSPS) is 19.1. The molecule has 3 aromatic carbocycles. The third-order valence-corrected chi connectivity index (χ3v) is 5.76. The number of hydrogen-bond acceptors (Lipinski definition) is 6. The van der Waals surface area contributed by atoms with Gasteiger partial charge in [-0.05, 0) is 42.8 Å². The number of Topliss-reactive ketones (excluding diaryl/α,β-unsaturated/α-hetero) is 1. The van der Waals surface area contributed by atoms with E-state index in [-0.39, 0.29) is 22.8 Å². The number of aliphatic hydroxyl groups is 1. The number of fused-ring (bicyclic) bond motifs is 1. The standard InChI is InChI=1S/C26H21NO6/c1-15-5-4-6-16(13-15)23-22(24(29)17-9-10-20-21(14-17)33-12-11-32-20)25(30)26(31)27(23)18-7-2-3-8-19(18)28/h2-10,13-14,23,28-29H,11-12H2,1H3/b24-22-. The van der Waals surface area contributed by atoms with Gasteiger partial charge in [0.1, 0.15) is 24.7 Å². The van der Waals surface area contributed by atoms with E-state index in [0.717, 1.165) is 5.56 Å². The summed E-state index contributed by atoms with van der Waals surface area (Å²) in [4.78, 5) is 27.6. The highest BCUT2D eigenvalue weighted by atomic mass is 16.6. The van der Waals surface area contributed by atoms with Gasteiger partial charge >= 0.3 is 0 Å². The number of amides is 1. The van der Waals surface area contributed by atoms with Crippen molar-refractivity contribution in [2.24, 2.45) is 0 Å². The molecule has 2 aliphatic rings. The van der Waals surface area contributed by atoms with Gasteiger partial charge in [-0.15, -0.1) is 0 Å². The molecule has 0 aliphatic carbocycles. The van der Waals surface area contributed by atoms with Crippen LogP contribution in [0.25, 0.3) is 5.76 Å². The number of ether oxygens (including phenoxy) is 2. The Labute approximate surface area is 190 Å². The SMILES string of the molecule is Cc1cccc(C2/C(=C(/O)c3ccc4c(c3)OCCO4)C(=O)C(=O)N2c2ccccc2O)c1. The van der Waals surface area contributed by atoms with E-state index in [1.54, 1.807) is 42.5 Å². The number of anilines is 1. The Morgan fingerprint density at radius 3 is 2.45 bits per heavy atom.